The number of fused-ring (bicyclic) bond motifs is 2. The normalized spacial score (nSPS) is 15.0. The zero-order valence-corrected chi connectivity index (χ0v) is 14.1. The van der Waals surface area contributed by atoms with Crippen molar-refractivity contribution in [3.8, 4) is 17.4 Å². The number of nitrogens with zero attached hydrogens (tertiary/aromatic N) is 2. The smallest absolute Gasteiger partial charge is 0.228 e. The van der Waals surface area contributed by atoms with Crippen molar-refractivity contribution in [3.05, 3.63) is 76.0 Å². The first kappa shape index (κ1) is 15.5. The molecule has 2 aromatic carbocycles. The van der Waals surface area contributed by atoms with Crippen LogP contribution in [0, 0.1) is 5.41 Å². The van der Waals surface area contributed by atoms with E-state index >= 15 is 0 Å². The average molecular weight is 355 g/mol. The Labute approximate surface area is 148 Å². The molecule has 3 N–H and O–H groups in total. The van der Waals surface area contributed by atoms with Crippen molar-refractivity contribution >= 4 is 11.6 Å². The quantitative estimate of drug-likeness (QED) is 0.542. The van der Waals surface area contributed by atoms with E-state index in [0.717, 1.165) is 11.1 Å². The summed E-state index contributed by atoms with van der Waals surface area (Å²) >= 11 is 6.03. The monoisotopic (exact) mass is 354 g/mol. The van der Waals surface area contributed by atoms with Crippen LogP contribution in [-0.2, 0) is 0 Å². The molecule has 1 aliphatic heterocycles. The molecule has 0 saturated carbocycles. The van der Waals surface area contributed by atoms with Crippen LogP contribution in [0.15, 0.2) is 48.8 Å². The van der Waals surface area contributed by atoms with Crippen LogP contribution in [0.4, 0.5) is 0 Å². The minimum atomic E-state index is -0.238. The minimum Gasteiger partial charge on any atom is -0.497 e. The first-order valence-corrected chi connectivity index (χ1v) is 7.98. The molecule has 0 aliphatic carbocycles. The molecule has 0 fully saturated rings. The third kappa shape index (κ3) is 2.51. The summed E-state index contributed by atoms with van der Waals surface area (Å²) in [5.41, 5.74) is 2.65. The SMILES string of the molecule is COc1ccc2c(c1)Oc1ncn(N)c(=N)c1C2c1ccc(Cl)cc1. The van der Waals surface area contributed by atoms with Gasteiger partial charge < -0.3 is 15.3 Å². The van der Waals surface area contributed by atoms with Gasteiger partial charge in [0.05, 0.1) is 12.7 Å². The molecule has 0 bridgehead atoms. The predicted molar refractivity (Wildman–Crippen MR) is 93.7 cm³/mol. The molecule has 1 aliphatic rings. The highest BCUT2D eigenvalue weighted by molar-refractivity contribution is 6.30. The molecular weight excluding hydrogens is 340 g/mol. The molecule has 7 heteroatoms. The molecule has 0 spiro atoms. The van der Waals surface area contributed by atoms with Crippen molar-refractivity contribution < 1.29 is 9.47 Å². The number of hydrogen-bond donors (Lipinski definition) is 2. The van der Waals surface area contributed by atoms with Crippen LogP contribution in [0.1, 0.15) is 22.6 Å². The fraction of sp³-hybridized carbons (Fsp3) is 0.111. The Bertz CT molecular complexity index is 1010. The molecule has 3 aromatic rings. The Morgan fingerprint density at radius 1 is 1.24 bits per heavy atom. The van der Waals surface area contributed by atoms with E-state index in [2.05, 4.69) is 4.98 Å². The molecule has 2 heterocycles. The third-order valence-corrected chi connectivity index (χ3v) is 4.53. The van der Waals surface area contributed by atoms with Gasteiger partial charge in [0.15, 0.2) is 5.49 Å². The first-order valence-electron chi connectivity index (χ1n) is 7.61. The van der Waals surface area contributed by atoms with Gasteiger partial charge in [-0.1, -0.05) is 29.8 Å². The number of nitrogens with one attached hydrogen (secondary N) is 1. The van der Waals surface area contributed by atoms with Crippen molar-refractivity contribution in [3.63, 3.8) is 0 Å². The zero-order valence-electron chi connectivity index (χ0n) is 13.4. The van der Waals surface area contributed by atoms with Gasteiger partial charge in [-0.05, 0) is 23.8 Å². The summed E-state index contributed by atoms with van der Waals surface area (Å²) in [5, 5.41) is 9.03. The number of ether oxygens (including phenoxy) is 2. The molecular formula is C18H15ClN4O2. The largest absolute Gasteiger partial charge is 0.497 e. The van der Waals surface area contributed by atoms with Gasteiger partial charge in [0.25, 0.3) is 0 Å². The fourth-order valence-electron chi connectivity index (χ4n) is 3.05. The van der Waals surface area contributed by atoms with Crippen LogP contribution < -0.4 is 20.8 Å². The standard InChI is InChI=1S/C18H15ClN4O2/c1-24-12-6-7-13-14(8-12)25-18-16(17(20)23(21)9-22-18)15(13)10-2-4-11(19)5-3-10/h2-9,15,20H,21H2,1H3. The van der Waals surface area contributed by atoms with Gasteiger partial charge in [0.1, 0.15) is 17.8 Å². The van der Waals surface area contributed by atoms with Crippen molar-refractivity contribution in [2.75, 3.05) is 13.0 Å². The van der Waals surface area contributed by atoms with Crippen LogP contribution in [0.25, 0.3) is 0 Å². The molecule has 6 nitrogen and oxygen atoms in total. The Balaban J connectivity index is 2.00. The molecule has 1 atom stereocenters. The van der Waals surface area contributed by atoms with Crippen molar-refractivity contribution in [2.45, 2.75) is 5.92 Å². The number of benzene rings is 2. The first-order chi connectivity index (χ1) is 12.1. The number of nitrogen functional groups attached to an aromatic ring is 1. The molecule has 126 valence electrons. The van der Waals surface area contributed by atoms with Crippen LogP contribution in [-0.4, -0.2) is 16.8 Å². The highest BCUT2D eigenvalue weighted by Crippen LogP contribution is 2.46. The van der Waals surface area contributed by atoms with Gasteiger partial charge in [-0.2, -0.15) is 0 Å². The molecule has 4 rings (SSSR count). The summed E-state index contributed by atoms with van der Waals surface area (Å²) in [6, 6.07) is 13.1. The van der Waals surface area contributed by atoms with Gasteiger partial charge in [-0.25, -0.2) is 9.66 Å². The number of aromatic nitrogens is 2. The molecule has 0 saturated heterocycles. The van der Waals surface area contributed by atoms with Crippen LogP contribution in [0.3, 0.4) is 0 Å². The fourth-order valence-corrected chi connectivity index (χ4v) is 3.18. The number of methoxy groups -OCH3 is 1. The Morgan fingerprint density at radius 3 is 2.72 bits per heavy atom. The van der Waals surface area contributed by atoms with E-state index in [0.29, 0.717) is 28.0 Å². The molecule has 25 heavy (non-hydrogen) atoms. The second-order valence-corrected chi connectivity index (χ2v) is 6.15. The van der Waals surface area contributed by atoms with E-state index < -0.39 is 0 Å². The summed E-state index contributed by atoms with van der Waals surface area (Å²) in [5.74, 6) is 7.31. The summed E-state index contributed by atoms with van der Waals surface area (Å²) < 4.78 is 12.4. The molecule has 0 amide bonds. The minimum absolute atomic E-state index is 0.145. The second-order valence-electron chi connectivity index (χ2n) is 5.71. The number of rotatable bonds is 2. The molecule has 1 unspecified atom stereocenters. The zero-order chi connectivity index (χ0) is 17.6. The summed E-state index contributed by atoms with van der Waals surface area (Å²) in [4.78, 5) is 4.26. The van der Waals surface area contributed by atoms with Crippen LogP contribution in [0.5, 0.6) is 17.4 Å². The lowest BCUT2D eigenvalue weighted by atomic mass is 9.84. The predicted octanol–water partition coefficient (Wildman–Crippen LogP) is 3.02. The lowest BCUT2D eigenvalue weighted by Gasteiger charge is -2.28. The van der Waals surface area contributed by atoms with Gasteiger partial charge in [-0.15, -0.1) is 0 Å². The summed E-state index contributed by atoms with van der Waals surface area (Å²) in [6.07, 6.45) is 1.37. The maximum absolute atomic E-state index is 8.38. The highest BCUT2D eigenvalue weighted by Gasteiger charge is 2.32. The summed E-state index contributed by atoms with van der Waals surface area (Å²) in [7, 11) is 1.60. The Kier molecular flexibility index (Phi) is 3.62. The Hall–Kier alpha value is -2.99. The number of halogens is 1. The van der Waals surface area contributed by atoms with Gasteiger partial charge >= 0.3 is 0 Å². The van der Waals surface area contributed by atoms with Crippen molar-refractivity contribution in [1.29, 1.82) is 5.41 Å². The Morgan fingerprint density at radius 2 is 2.00 bits per heavy atom. The highest BCUT2D eigenvalue weighted by atomic mass is 35.5. The van der Waals surface area contributed by atoms with Crippen molar-refractivity contribution in [1.82, 2.24) is 9.66 Å². The lowest BCUT2D eigenvalue weighted by Crippen LogP contribution is -2.33. The van der Waals surface area contributed by atoms with E-state index in [1.165, 1.54) is 11.0 Å². The van der Waals surface area contributed by atoms with Gasteiger partial charge in [-0.3, -0.25) is 5.41 Å². The van der Waals surface area contributed by atoms with Crippen LogP contribution >= 0.6 is 11.6 Å². The molecule has 1 aromatic heterocycles. The van der Waals surface area contributed by atoms with Crippen molar-refractivity contribution in [2.24, 2.45) is 0 Å². The van der Waals surface area contributed by atoms with Gasteiger partial charge in [0.2, 0.25) is 5.88 Å². The number of nitrogens with two attached hydrogens (primary N) is 1. The maximum atomic E-state index is 8.38. The topological polar surface area (TPSA) is 86.2 Å². The van der Waals surface area contributed by atoms with Gasteiger partial charge in [0, 0.05) is 22.6 Å². The van der Waals surface area contributed by atoms with E-state index in [9.17, 15) is 0 Å². The number of hydrogen-bond acceptors (Lipinski definition) is 5. The second kappa shape index (κ2) is 5.82. The van der Waals surface area contributed by atoms with E-state index in [4.69, 9.17) is 32.3 Å². The van der Waals surface area contributed by atoms with E-state index in [-0.39, 0.29) is 11.4 Å². The lowest BCUT2D eigenvalue weighted by molar-refractivity contribution is 0.398. The molecule has 0 radical (unpaired) electrons. The third-order valence-electron chi connectivity index (χ3n) is 4.27. The average Bonchev–Trinajstić information content (AvgIpc) is 2.63. The van der Waals surface area contributed by atoms with E-state index in [1.54, 1.807) is 7.11 Å². The van der Waals surface area contributed by atoms with E-state index in [1.807, 2.05) is 42.5 Å². The van der Waals surface area contributed by atoms with Crippen LogP contribution in [0.2, 0.25) is 5.02 Å². The summed E-state index contributed by atoms with van der Waals surface area (Å²) in [6.45, 7) is 0. The maximum Gasteiger partial charge on any atom is 0.228 e.